The maximum Gasteiger partial charge on any atom is 0.248 e. The van der Waals surface area contributed by atoms with E-state index in [4.69, 9.17) is 4.74 Å². The van der Waals surface area contributed by atoms with Gasteiger partial charge in [0, 0.05) is 45.1 Å². The molecule has 0 aromatic carbocycles. The molecule has 1 amide bonds. The number of piperidine rings is 1. The van der Waals surface area contributed by atoms with E-state index in [-0.39, 0.29) is 18.4 Å². The van der Waals surface area contributed by atoms with E-state index in [0.717, 1.165) is 43.0 Å². The minimum Gasteiger partial charge on any atom is -0.375 e. The first kappa shape index (κ1) is 16.6. The molecule has 2 aromatic rings. The molecule has 1 atom stereocenters. The van der Waals surface area contributed by atoms with E-state index in [1.54, 1.807) is 19.5 Å². The number of ether oxygens (including phenoxy) is 1. The Morgan fingerprint density at radius 3 is 2.96 bits per heavy atom. The molecule has 2 aromatic heterocycles. The number of hydrogen-bond donors (Lipinski definition) is 0. The molecule has 1 aliphatic heterocycles. The normalized spacial score (nSPS) is 17.9. The summed E-state index contributed by atoms with van der Waals surface area (Å²) in [5, 5.41) is 4.26. The van der Waals surface area contributed by atoms with E-state index in [9.17, 15) is 4.79 Å². The lowest BCUT2D eigenvalue weighted by Gasteiger charge is -2.32. The van der Waals surface area contributed by atoms with Crippen molar-refractivity contribution in [2.24, 2.45) is 0 Å². The van der Waals surface area contributed by atoms with Gasteiger partial charge in [-0.05, 0) is 25.8 Å². The van der Waals surface area contributed by atoms with Crippen LogP contribution in [0.2, 0.25) is 0 Å². The molecule has 3 heterocycles. The monoisotopic (exact) mass is 329 g/mol. The van der Waals surface area contributed by atoms with Crippen LogP contribution < -0.4 is 0 Å². The Bertz CT molecular complexity index is 683. The molecule has 0 unspecified atom stereocenters. The lowest BCUT2D eigenvalue weighted by molar-refractivity contribution is -0.136. The van der Waals surface area contributed by atoms with Gasteiger partial charge in [-0.1, -0.05) is 0 Å². The molecule has 7 heteroatoms. The fraction of sp³-hybridized carbons (Fsp3) is 0.529. The van der Waals surface area contributed by atoms with Crippen molar-refractivity contribution in [3.8, 4) is 11.4 Å². The Hall–Kier alpha value is -2.28. The van der Waals surface area contributed by atoms with Crippen molar-refractivity contribution < 1.29 is 9.53 Å². The van der Waals surface area contributed by atoms with Crippen molar-refractivity contribution in [1.29, 1.82) is 0 Å². The fourth-order valence-corrected chi connectivity index (χ4v) is 3.14. The smallest absolute Gasteiger partial charge is 0.248 e. The Balaban J connectivity index is 1.72. The lowest BCUT2D eigenvalue weighted by Crippen LogP contribution is -2.41. The van der Waals surface area contributed by atoms with Gasteiger partial charge in [0.15, 0.2) is 0 Å². The van der Waals surface area contributed by atoms with Crippen molar-refractivity contribution in [3.63, 3.8) is 0 Å². The number of aryl methyl sites for hydroxylation is 1. The Morgan fingerprint density at radius 2 is 2.25 bits per heavy atom. The first-order valence-corrected chi connectivity index (χ1v) is 8.33. The van der Waals surface area contributed by atoms with Crippen LogP contribution in [0.3, 0.4) is 0 Å². The molecule has 0 aliphatic carbocycles. The van der Waals surface area contributed by atoms with Crippen molar-refractivity contribution in [3.05, 3.63) is 30.4 Å². The molecular formula is C17H23N5O2. The number of rotatable bonds is 5. The molecule has 3 rings (SSSR count). The van der Waals surface area contributed by atoms with Crippen LogP contribution in [0, 0.1) is 0 Å². The van der Waals surface area contributed by atoms with Gasteiger partial charge in [0.1, 0.15) is 12.3 Å². The number of carbonyl (C=O) groups excluding carboxylic acids is 1. The summed E-state index contributed by atoms with van der Waals surface area (Å²) < 4.78 is 6.85. The SMILES string of the molecule is CCn1nccc1-c1cnc([C@H]2CCCN(C(=O)COC)C2)cn1. The van der Waals surface area contributed by atoms with Gasteiger partial charge in [0.25, 0.3) is 0 Å². The summed E-state index contributed by atoms with van der Waals surface area (Å²) in [6, 6.07) is 1.94. The van der Waals surface area contributed by atoms with Gasteiger partial charge in [-0.3, -0.25) is 19.4 Å². The molecular weight excluding hydrogens is 306 g/mol. The molecule has 0 radical (unpaired) electrons. The van der Waals surface area contributed by atoms with Gasteiger partial charge >= 0.3 is 0 Å². The maximum atomic E-state index is 12.0. The van der Waals surface area contributed by atoms with Gasteiger partial charge in [-0.15, -0.1) is 0 Å². The summed E-state index contributed by atoms with van der Waals surface area (Å²) in [5.41, 5.74) is 2.73. The third-order valence-corrected chi connectivity index (χ3v) is 4.41. The van der Waals surface area contributed by atoms with Crippen LogP contribution in [-0.4, -0.2) is 57.4 Å². The van der Waals surface area contributed by atoms with Crippen LogP contribution in [0.4, 0.5) is 0 Å². The summed E-state index contributed by atoms with van der Waals surface area (Å²) in [5.74, 6) is 0.274. The van der Waals surface area contributed by atoms with Crippen molar-refractivity contribution in [2.75, 3.05) is 26.8 Å². The second kappa shape index (κ2) is 7.53. The largest absolute Gasteiger partial charge is 0.375 e. The number of hydrogen-bond acceptors (Lipinski definition) is 5. The van der Waals surface area contributed by atoms with E-state index in [0.29, 0.717) is 6.54 Å². The number of methoxy groups -OCH3 is 1. The molecule has 1 fully saturated rings. The van der Waals surface area contributed by atoms with Gasteiger partial charge in [-0.25, -0.2) is 0 Å². The predicted octanol–water partition coefficient (Wildman–Crippen LogP) is 1.71. The Labute approximate surface area is 141 Å². The summed E-state index contributed by atoms with van der Waals surface area (Å²) in [7, 11) is 1.55. The fourth-order valence-electron chi connectivity index (χ4n) is 3.14. The summed E-state index contributed by atoms with van der Waals surface area (Å²) >= 11 is 0. The zero-order valence-electron chi connectivity index (χ0n) is 14.2. The summed E-state index contributed by atoms with van der Waals surface area (Å²) in [6.45, 7) is 4.46. The number of nitrogens with zero attached hydrogens (tertiary/aromatic N) is 5. The van der Waals surface area contributed by atoms with Crippen LogP contribution in [0.25, 0.3) is 11.4 Å². The average molecular weight is 329 g/mol. The minimum atomic E-state index is 0.0404. The van der Waals surface area contributed by atoms with Gasteiger partial charge in [0.05, 0.1) is 17.6 Å². The van der Waals surface area contributed by atoms with Crippen molar-refractivity contribution in [2.45, 2.75) is 32.2 Å². The van der Waals surface area contributed by atoms with Crippen molar-refractivity contribution >= 4 is 5.91 Å². The first-order chi connectivity index (χ1) is 11.7. The molecule has 0 N–H and O–H groups in total. The minimum absolute atomic E-state index is 0.0404. The third kappa shape index (κ3) is 3.46. The quantitative estimate of drug-likeness (QED) is 0.835. The summed E-state index contributed by atoms with van der Waals surface area (Å²) in [4.78, 5) is 23.0. The highest BCUT2D eigenvalue weighted by Gasteiger charge is 2.25. The van der Waals surface area contributed by atoms with Crippen LogP contribution in [-0.2, 0) is 16.1 Å². The molecule has 0 bridgehead atoms. The van der Waals surface area contributed by atoms with Gasteiger partial charge < -0.3 is 9.64 Å². The van der Waals surface area contributed by atoms with E-state index in [1.807, 2.05) is 28.8 Å². The highest BCUT2D eigenvalue weighted by Crippen LogP contribution is 2.26. The standard InChI is InChI=1S/C17H23N5O2/c1-3-22-16(6-7-20-22)15-10-18-14(9-19-15)13-5-4-8-21(11-13)17(23)12-24-2/h6-7,9-10,13H,3-5,8,11-12H2,1-2H3/t13-/m0/s1. The summed E-state index contributed by atoms with van der Waals surface area (Å²) in [6.07, 6.45) is 7.41. The third-order valence-electron chi connectivity index (χ3n) is 4.41. The number of likely N-dealkylation sites (tertiary alicyclic amines) is 1. The highest BCUT2D eigenvalue weighted by atomic mass is 16.5. The van der Waals surface area contributed by atoms with E-state index >= 15 is 0 Å². The number of amides is 1. The zero-order valence-corrected chi connectivity index (χ0v) is 14.2. The predicted molar refractivity (Wildman–Crippen MR) is 89.4 cm³/mol. The van der Waals surface area contributed by atoms with E-state index in [1.165, 1.54) is 0 Å². The molecule has 1 aliphatic rings. The van der Waals surface area contributed by atoms with Crippen molar-refractivity contribution in [1.82, 2.24) is 24.6 Å². The van der Waals surface area contributed by atoms with Gasteiger partial charge in [0.2, 0.25) is 5.91 Å². The van der Waals surface area contributed by atoms with E-state index in [2.05, 4.69) is 15.1 Å². The molecule has 128 valence electrons. The van der Waals surface area contributed by atoms with Crippen LogP contribution in [0.15, 0.2) is 24.7 Å². The first-order valence-electron chi connectivity index (χ1n) is 8.33. The maximum absolute atomic E-state index is 12.0. The van der Waals surface area contributed by atoms with Crippen LogP contribution in [0.1, 0.15) is 31.4 Å². The zero-order chi connectivity index (χ0) is 16.9. The van der Waals surface area contributed by atoms with E-state index < -0.39 is 0 Å². The molecule has 1 saturated heterocycles. The highest BCUT2D eigenvalue weighted by molar-refractivity contribution is 5.77. The Morgan fingerprint density at radius 1 is 1.38 bits per heavy atom. The Kier molecular flexibility index (Phi) is 5.20. The lowest BCUT2D eigenvalue weighted by atomic mass is 9.95. The molecule has 7 nitrogen and oxygen atoms in total. The molecule has 0 saturated carbocycles. The second-order valence-corrected chi connectivity index (χ2v) is 5.97. The van der Waals surface area contributed by atoms with Gasteiger partial charge in [-0.2, -0.15) is 5.10 Å². The molecule has 0 spiro atoms. The number of aromatic nitrogens is 4. The van der Waals surface area contributed by atoms with Crippen LogP contribution >= 0.6 is 0 Å². The average Bonchev–Trinajstić information content (AvgIpc) is 3.11. The molecule has 24 heavy (non-hydrogen) atoms. The number of carbonyl (C=O) groups is 1. The topological polar surface area (TPSA) is 73.1 Å². The second-order valence-electron chi connectivity index (χ2n) is 5.97. The van der Waals surface area contributed by atoms with Crippen LogP contribution in [0.5, 0.6) is 0 Å².